The van der Waals surface area contributed by atoms with Crippen molar-refractivity contribution in [2.75, 3.05) is 5.73 Å². The summed E-state index contributed by atoms with van der Waals surface area (Å²) in [6.07, 6.45) is 0. The summed E-state index contributed by atoms with van der Waals surface area (Å²) in [5.74, 6) is 0.798. The zero-order valence-corrected chi connectivity index (χ0v) is 12.7. The Morgan fingerprint density at radius 2 is 1.71 bits per heavy atom. The average molecular weight is 338 g/mol. The number of hydrogen-bond acceptors (Lipinski definition) is 2. The second kappa shape index (κ2) is 4.60. The topological polar surface area (TPSA) is 54.7 Å². The van der Waals surface area contributed by atoms with E-state index in [0.717, 1.165) is 43.4 Å². The summed E-state index contributed by atoms with van der Waals surface area (Å²) >= 11 is 3.47. The van der Waals surface area contributed by atoms with Crippen molar-refractivity contribution in [2.24, 2.45) is 0 Å². The maximum Gasteiger partial charge on any atom is 0.140 e. The van der Waals surface area contributed by atoms with Crippen LogP contribution >= 0.6 is 15.9 Å². The molecule has 0 bridgehead atoms. The largest absolute Gasteiger partial charge is 0.398 e. The minimum Gasteiger partial charge on any atom is -0.398 e. The Morgan fingerprint density at radius 1 is 0.952 bits per heavy atom. The molecule has 3 aromatic carbocycles. The van der Waals surface area contributed by atoms with Gasteiger partial charge in [-0.2, -0.15) is 0 Å². The maximum absolute atomic E-state index is 6.20. The van der Waals surface area contributed by atoms with Gasteiger partial charge in [-0.25, -0.2) is 4.98 Å². The minimum atomic E-state index is 0.729. The number of fused-ring (bicyclic) bond motifs is 2. The lowest BCUT2D eigenvalue weighted by atomic mass is 10.0. The Balaban J connectivity index is 1.96. The number of nitrogens with zero attached hydrogens (tertiary/aromatic N) is 1. The SMILES string of the molecule is Nc1cc2ccccc2cc1-c1nc2ccc(Br)cc2[nH]1. The van der Waals surface area contributed by atoms with E-state index < -0.39 is 0 Å². The van der Waals surface area contributed by atoms with E-state index in [0.29, 0.717) is 0 Å². The Bertz CT molecular complexity index is 972. The summed E-state index contributed by atoms with van der Waals surface area (Å²) in [6, 6.07) is 18.2. The van der Waals surface area contributed by atoms with Crippen LogP contribution in [-0.4, -0.2) is 9.97 Å². The van der Waals surface area contributed by atoms with Crippen LogP contribution in [0, 0.1) is 0 Å². The number of rotatable bonds is 1. The molecule has 0 spiro atoms. The fourth-order valence-corrected chi connectivity index (χ4v) is 2.93. The van der Waals surface area contributed by atoms with Crippen molar-refractivity contribution in [3.63, 3.8) is 0 Å². The van der Waals surface area contributed by atoms with Gasteiger partial charge in [-0.3, -0.25) is 0 Å². The van der Waals surface area contributed by atoms with Gasteiger partial charge in [0.15, 0.2) is 0 Å². The highest BCUT2D eigenvalue weighted by Crippen LogP contribution is 2.30. The Hall–Kier alpha value is -2.33. The van der Waals surface area contributed by atoms with Gasteiger partial charge in [0.05, 0.1) is 11.0 Å². The van der Waals surface area contributed by atoms with Crippen molar-refractivity contribution >= 4 is 43.4 Å². The fourth-order valence-electron chi connectivity index (χ4n) is 2.57. The third-order valence-electron chi connectivity index (χ3n) is 3.62. The molecule has 4 aromatic rings. The highest BCUT2D eigenvalue weighted by Gasteiger charge is 2.10. The number of halogens is 1. The van der Waals surface area contributed by atoms with Crippen LogP contribution in [0.15, 0.2) is 59.1 Å². The lowest BCUT2D eigenvalue weighted by Gasteiger charge is -2.05. The Labute approximate surface area is 129 Å². The first-order valence-electron chi connectivity index (χ1n) is 6.64. The van der Waals surface area contributed by atoms with Gasteiger partial charge >= 0.3 is 0 Å². The fraction of sp³-hybridized carbons (Fsp3) is 0. The molecule has 4 rings (SSSR count). The van der Waals surface area contributed by atoms with Gasteiger partial charge in [0, 0.05) is 15.7 Å². The number of aromatic amines is 1. The van der Waals surface area contributed by atoms with Crippen molar-refractivity contribution in [3.8, 4) is 11.4 Å². The van der Waals surface area contributed by atoms with Gasteiger partial charge in [0.2, 0.25) is 0 Å². The summed E-state index contributed by atoms with van der Waals surface area (Å²) in [7, 11) is 0. The maximum atomic E-state index is 6.20. The smallest absolute Gasteiger partial charge is 0.140 e. The van der Waals surface area contributed by atoms with E-state index in [9.17, 15) is 0 Å². The number of H-pyrrole nitrogens is 1. The van der Waals surface area contributed by atoms with Crippen LogP contribution < -0.4 is 5.73 Å². The van der Waals surface area contributed by atoms with Crippen molar-refractivity contribution in [1.82, 2.24) is 9.97 Å². The van der Waals surface area contributed by atoms with Crippen molar-refractivity contribution in [1.29, 1.82) is 0 Å². The van der Waals surface area contributed by atoms with Crippen LogP contribution in [0.4, 0.5) is 5.69 Å². The molecule has 0 aliphatic rings. The first kappa shape index (κ1) is 12.4. The molecule has 0 unspecified atom stereocenters. The molecule has 0 saturated heterocycles. The molecule has 1 heterocycles. The van der Waals surface area contributed by atoms with E-state index in [1.807, 2.05) is 36.4 Å². The average Bonchev–Trinajstić information content (AvgIpc) is 2.89. The molecule has 0 aliphatic carbocycles. The highest BCUT2D eigenvalue weighted by molar-refractivity contribution is 9.10. The van der Waals surface area contributed by atoms with Gasteiger partial charge < -0.3 is 10.7 Å². The van der Waals surface area contributed by atoms with Crippen LogP contribution in [0.3, 0.4) is 0 Å². The predicted molar refractivity (Wildman–Crippen MR) is 91.1 cm³/mol. The number of aromatic nitrogens is 2. The minimum absolute atomic E-state index is 0.729. The molecule has 0 amide bonds. The van der Waals surface area contributed by atoms with Crippen LogP contribution in [0.5, 0.6) is 0 Å². The Morgan fingerprint density at radius 3 is 2.52 bits per heavy atom. The lowest BCUT2D eigenvalue weighted by Crippen LogP contribution is -1.91. The quantitative estimate of drug-likeness (QED) is 0.493. The summed E-state index contributed by atoms with van der Waals surface area (Å²) in [6.45, 7) is 0. The van der Waals surface area contributed by atoms with Gasteiger partial charge in [-0.05, 0) is 41.1 Å². The van der Waals surface area contributed by atoms with Crippen molar-refractivity contribution < 1.29 is 0 Å². The van der Waals surface area contributed by atoms with Gasteiger partial charge in [0.25, 0.3) is 0 Å². The summed E-state index contributed by atoms with van der Waals surface area (Å²) in [5, 5.41) is 2.29. The standard InChI is InChI=1S/C17H12BrN3/c18-12-5-6-15-16(9-12)21-17(20-15)13-7-10-3-1-2-4-11(10)8-14(13)19/h1-9H,19H2,(H,20,21). The normalized spacial score (nSPS) is 11.3. The lowest BCUT2D eigenvalue weighted by molar-refractivity contribution is 1.34. The molecular formula is C17H12BrN3. The van der Waals surface area contributed by atoms with E-state index in [-0.39, 0.29) is 0 Å². The van der Waals surface area contributed by atoms with Crippen molar-refractivity contribution in [3.05, 3.63) is 59.1 Å². The van der Waals surface area contributed by atoms with Crippen LogP contribution in [0.25, 0.3) is 33.2 Å². The summed E-state index contributed by atoms with van der Waals surface area (Å²) in [4.78, 5) is 7.97. The molecule has 0 atom stereocenters. The zero-order valence-electron chi connectivity index (χ0n) is 11.1. The predicted octanol–water partition coefficient (Wildman–Crippen LogP) is 4.73. The number of imidazole rings is 1. The number of nitrogens with one attached hydrogen (secondary N) is 1. The molecule has 102 valence electrons. The van der Waals surface area contributed by atoms with E-state index in [1.54, 1.807) is 0 Å². The number of anilines is 1. The molecule has 1 aromatic heterocycles. The number of hydrogen-bond donors (Lipinski definition) is 2. The Kier molecular flexibility index (Phi) is 2.72. The molecule has 21 heavy (non-hydrogen) atoms. The van der Waals surface area contributed by atoms with E-state index >= 15 is 0 Å². The molecule has 0 saturated carbocycles. The van der Waals surface area contributed by atoms with Crippen LogP contribution in [-0.2, 0) is 0 Å². The first-order chi connectivity index (χ1) is 10.2. The zero-order chi connectivity index (χ0) is 14.4. The van der Waals surface area contributed by atoms with Gasteiger partial charge in [-0.15, -0.1) is 0 Å². The molecule has 0 aliphatic heterocycles. The van der Waals surface area contributed by atoms with E-state index in [4.69, 9.17) is 5.73 Å². The van der Waals surface area contributed by atoms with E-state index in [1.165, 1.54) is 0 Å². The first-order valence-corrected chi connectivity index (χ1v) is 7.44. The monoisotopic (exact) mass is 337 g/mol. The second-order valence-electron chi connectivity index (χ2n) is 5.03. The van der Waals surface area contributed by atoms with Crippen LogP contribution in [0.2, 0.25) is 0 Å². The van der Waals surface area contributed by atoms with Crippen LogP contribution in [0.1, 0.15) is 0 Å². The number of nitrogen functional groups attached to an aromatic ring is 1. The molecule has 3 nitrogen and oxygen atoms in total. The van der Waals surface area contributed by atoms with Gasteiger partial charge in [0.1, 0.15) is 5.82 Å². The third kappa shape index (κ3) is 2.08. The summed E-state index contributed by atoms with van der Waals surface area (Å²) in [5.41, 5.74) is 9.78. The number of nitrogens with two attached hydrogens (primary N) is 1. The van der Waals surface area contributed by atoms with E-state index in [2.05, 4.69) is 44.1 Å². The molecule has 0 fully saturated rings. The third-order valence-corrected chi connectivity index (χ3v) is 4.11. The highest BCUT2D eigenvalue weighted by atomic mass is 79.9. The molecule has 0 radical (unpaired) electrons. The molecule has 4 heteroatoms. The molecule has 3 N–H and O–H groups in total. The van der Waals surface area contributed by atoms with Crippen molar-refractivity contribution in [2.45, 2.75) is 0 Å². The number of benzene rings is 3. The summed E-state index contributed by atoms with van der Waals surface area (Å²) < 4.78 is 1.02. The second-order valence-corrected chi connectivity index (χ2v) is 5.95. The van der Waals surface area contributed by atoms with Gasteiger partial charge in [-0.1, -0.05) is 40.2 Å². The molecular weight excluding hydrogens is 326 g/mol.